The van der Waals surface area contributed by atoms with Crippen LogP contribution >= 0.6 is 11.3 Å². The number of anilines is 1. The number of nitrogens with two attached hydrogens (primary N) is 1. The van der Waals surface area contributed by atoms with Gasteiger partial charge >= 0.3 is 5.97 Å². The van der Waals surface area contributed by atoms with Crippen LogP contribution < -0.4 is 11.1 Å². The molecule has 6 rings (SSSR count). The molecule has 79 heavy (non-hydrogen) atoms. The molecule has 1 aromatic heterocycles. The van der Waals surface area contributed by atoms with Gasteiger partial charge in [-0.15, -0.1) is 11.3 Å². The third kappa shape index (κ3) is 16.6. The highest BCUT2D eigenvalue weighted by Gasteiger charge is 2.52. The second kappa shape index (κ2) is 29.5. The van der Waals surface area contributed by atoms with Gasteiger partial charge in [-0.25, -0.2) is 0 Å². The number of amides is 1. The molecule has 21 atom stereocenters. The Kier molecular flexibility index (Phi) is 24.3. The van der Waals surface area contributed by atoms with Crippen LogP contribution in [0.25, 0.3) is 0 Å². The highest BCUT2D eigenvalue weighted by atomic mass is 32.1. The average Bonchev–Trinajstić information content (AvgIpc) is 3.83. The highest BCUT2D eigenvalue weighted by molar-refractivity contribution is 7.16. The molecule has 8 N–H and O–H groups in total. The van der Waals surface area contributed by atoms with Crippen molar-refractivity contribution in [1.29, 1.82) is 0 Å². The van der Waals surface area contributed by atoms with E-state index in [4.69, 9.17) is 53.1 Å². The lowest BCUT2D eigenvalue weighted by atomic mass is 9.80. The van der Waals surface area contributed by atoms with Gasteiger partial charge in [0.1, 0.15) is 42.7 Å². The Morgan fingerprint density at radius 2 is 1.59 bits per heavy atom. The predicted octanol–water partition coefficient (Wildman–Crippen LogP) is 2.51. The van der Waals surface area contributed by atoms with Crippen LogP contribution in [0.15, 0.2) is 29.9 Å². The Hall–Kier alpha value is -3.05. The van der Waals surface area contributed by atoms with Crippen molar-refractivity contribution in [1.82, 2.24) is 15.1 Å². The number of ether oxygens (including phenoxy) is 10. The highest BCUT2D eigenvalue weighted by Crippen LogP contribution is 2.43. The first kappa shape index (κ1) is 65.1. The first-order valence-electron chi connectivity index (χ1n) is 28.0. The molecule has 1 aromatic rings. The quantitative estimate of drug-likeness (QED) is 0.0871. The van der Waals surface area contributed by atoms with E-state index in [1.165, 1.54) is 27.2 Å². The topological polar surface area (TPSA) is 289 Å². The minimum Gasteiger partial charge on any atom is -0.462 e. The number of hydrogen-bond acceptors (Lipinski definition) is 22. The number of nitrogens with zero attached hydrogens (tertiary/aromatic N) is 2. The number of rotatable bonds is 17. The molecule has 5 aliphatic rings. The zero-order valence-corrected chi connectivity index (χ0v) is 49.1. The predicted molar refractivity (Wildman–Crippen MR) is 292 cm³/mol. The summed E-state index contributed by atoms with van der Waals surface area (Å²) in [5.74, 6) is -4.33. The second-order valence-electron chi connectivity index (χ2n) is 22.7. The maximum absolute atomic E-state index is 14.4. The number of aliphatic hydroxyl groups is 5. The maximum Gasteiger partial charge on any atom is 0.308 e. The molecule has 4 fully saturated rings. The molecule has 0 saturated carbocycles. The summed E-state index contributed by atoms with van der Waals surface area (Å²) >= 11 is 1.15. The third-order valence-corrected chi connectivity index (χ3v) is 17.4. The SMILES string of the molecule is CC[C@H]1OC(=O)C[C@@H](O)[C@H](C)[C@@H](O[C@@H]2O[C@H](C)[C@@H](O[C@H]3C[C@@](C)(O)[C@@H](O)[C@H](C)O3)[C@H](N(C)C)[C@H]2O)[C@@H](c2cc(C(=O)NCCCN3CCOCC3)c(N)s2)C[C@@H](C)C(=O)/C=C/C(C)=C/[C@@H]1CO[C@@H]1O[C@H](C)[C@@H](O)[C@@H](OC)[C@H]1OC. The van der Waals surface area contributed by atoms with E-state index in [0.717, 1.165) is 31.0 Å². The second-order valence-corrected chi connectivity index (χ2v) is 23.8. The van der Waals surface area contributed by atoms with Crippen LogP contribution in [-0.4, -0.2) is 231 Å². The number of nitrogens with one attached hydrogen (secondary N) is 1. The van der Waals surface area contributed by atoms with Crippen LogP contribution in [0.5, 0.6) is 0 Å². The van der Waals surface area contributed by atoms with Crippen LogP contribution in [0.3, 0.4) is 0 Å². The Bertz CT molecular complexity index is 2180. The molecule has 5 aliphatic heterocycles. The summed E-state index contributed by atoms with van der Waals surface area (Å²) in [5.41, 5.74) is 6.07. The summed E-state index contributed by atoms with van der Waals surface area (Å²) < 4.78 is 61.3. The number of cyclic esters (lactones) is 1. The number of carbonyl (C=O) groups excluding carboxylic acids is 3. The normalized spacial score (nSPS) is 40.9. The van der Waals surface area contributed by atoms with E-state index in [0.29, 0.717) is 43.1 Å². The smallest absolute Gasteiger partial charge is 0.308 e. The average molecular weight is 1140 g/mol. The van der Waals surface area contributed by atoms with Gasteiger partial charge in [-0.3, -0.25) is 19.3 Å². The van der Waals surface area contributed by atoms with Crippen molar-refractivity contribution in [2.45, 2.75) is 197 Å². The van der Waals surface area contributed by atoms with Gasteiger partial charge < -0.3 is 88.9 Å². The summed E-state index contributed by atoms with van der Waals surface area (Å²) in [4.78, 5) is 47.1. The molecule has 4 saturated heterocycles. The van der Waals surface area contributed by atoms with E-state index in [-0.39, 0.29) is 41.7 Å². The van der Waals surface area contributed by atoms with E-state index in [1.54, 1.807) is 65.8 Å². The van der Waals surface area contributed by atoms with Crippen molar-refractivity contribution in [3.63, 3.8) is 0 Å². The standard InChI is InChI=1S/C56H92N4O18S/c1-13-40-35(28-72-55-50(70-12)49(69-11)45(64)32(5)74-55)23-29(2)15-16-38(61)30(3)24-36(41-25-37(52(57)79-41)53(67)58-17-14-18-60-19-21-71-22-20-60)47(31(4)39(62)26-42(63)76-40)78-54-46(65)44(59(9)10)48(33(6)75-54)77-43-27-56(8,68)51(66)34(7)73-43/h15-16,23,25,30-36,39-40,43-51,54-55,62,64-66,68H,13-14,17-22,24,26-28,57H2,1-12H3,(H,58,67)/b16-15+,29-23+/t30-,31+,32-,33-,34+,35-,36-,39-,40-,43+,44-,45-,46-,47-,48-,49-,50-,51+,54+,55-,56-/m1/s1. The minimum atomic E-state index is -1.52. The molecular weight excluding hydrogens is 1050 g/mol. The number of methoxy groups -OCH3 is 2. The van der Waals surface area contributed by atoms with Crippen LogP contribution in [0.2, 0.25) is 0 Å². The number of carbonyl (C=O) groups is 3. The van der Waals surface area contributed by atoms with Crippen LogP contribution in [-0.2, 0) is 57.0 Å². The van der Waals surface area contributed by atoms with Gasteiger partial charge in [0.05, 0.1) is 79.0 Å². The van der Waals surface area contributed by atoms with E-state index in [2.05, 4.69) is 10.2 Å². The molecule has 0 spiro atoms. The first-order chi connectivity index (χ1) is 37.4. The van der Waals surface area contributed by atoms with E-state index in [9.17, 15) is 39.9 Å². The monoisotopic (exact) mass is 1140 g/mol. The lowest BCUT2D eigenvalue weighted by Gasteiger charge is -2.50. The van der Waals surface area contributed by atoms with E-state index >= 15 is 0 Å². The van der Waals surface area contributed by atoms with Crippen molar-refractivity contribution in [2.24, 2.45) is 17.8 Å². The van der Waals surface area contributed by atoms with Gasteiger partial charge in [-0.2, -0.15) is 0 Å². The Balaban J connectivity index is 1.34. The van der Waals surface area contributed by atoms with Crippen molar-refractivity contribution >= 4 is 34.0 Å². The van der Waals surface area contributed by atoms with Crippen molar-refractivity contribution in [3.05, 3.63) is 40.3 Å². The molecule has 450 valence electrons. The molecular formula is C56H92N4O18S. The van der Waals surface area contributed by atoms with Crippen LogP contribution in [0.1, 0.15) is 109 Å². The lowest BCUT2D eigenvalue weighted by Crippen LogP contribution is -2.65. The molecule has 0 unspecified atom stereocenters. The largest absolute Gasteiger partial charge is 0.462 e. The first-order valence-corrected chi connectivity index (χ1v) is 28.8. The fraction of sp³-hybridized carbons (Fsp3) is 0.804. The Morgan fingerprint density at radius 1 is 0.911 bits per heavy atom. The van der Waals surface area contributed by atoms with Gasteiger partial charge in [0.15, 0.2) is 24.7 Å². The summed E-state index contributed by atoms with van der Waals surface area (Å²) in [6, 6.07) is 0.889. The summed E-state index contributed by atoms with van der Waals surface area (Å²) in [6.07, 6.45) is -9.15. The number of allylic oxidation sites excluding steroid dienone is 3. The molecule has 0 aromatic carbocycles. The van der Waals surface area contributed by atoms with Crippen molar-refractivity contribution in [3.8, 4) is 0 Å². The Labute approximate surface area is 470 Å². The fourth-order valence-corrected chi connectivity index (χ4v) is 12.6. The van der Waals surface area contributed by atoms with Gasteiger partial charge in [0.25, 0.3) is 5.91 Å². The number of morpholine rings is 1. The van der Waals surface area contributed by atoms with Crippen molar-refractivity contribution < 1.29 is 87.3 Å². The number of likely N-dealkylation sites (N-methyl/N-ethyl adjacent to an activating group) is 1. The third-order valence-electron chi connectivity index (χ3n) is 16.3. The fourth-order valence-electron chi connectivity index (χ4n) is 11.5. The lowest BCUT2D eigenvalue weighted by molar-refractivity contribution is -0.340. The number of thiophene rings is 1. The van der Waals surface area contributed by atoms with Crippen LogP contribution in [0, 0.1) is 17.8 Å². The zero-order valence-electron chi connectivity index (χ0n) is 48.3. The number of esters is 1. The molecule has 1 amide bonds. The zero-order chi connectivity index (χ0) is 58.0. The number of nitrogen functional groups attached to an aromatic ring is 1. The molecule has 0 aliphatic carbocycles. The number of hydrogen-bond donors (Lipinski definition) is 7. The summed E-state index contributed by atoms with van der Waals surface area (Å²) in [5, 5.41) is 60.4. The molecule has 6 heterocycles. The van der Waals surface area contributed by atoms with Crippen LogP contribution in [0.4, 0.5) is 5.00 Å². The summed E-state index contributed by atoms with van der Waals surface area (Å²) in [7, 11) is 6.46. The Morgan fingerprint density at radius 3 is 2.24 bits per heavy atom. The van der Waals surface area contributed by atoms with E-state index < -0.39 is 140 Å². The van der Waals surface area contributed by atoms with Gasteiger partial charge in [-0.1, -0.05) is 38.5 Å². The molecule has 0 bridgehead atoms. The minimum absolute atomic E-state index is 0.0290. The summed E-state index contributed by atoms with van der Waals surface area (Å²) in [6.45, 7) is 17.9. The number of ketones is 1. The molecule has 22 nitrogen and oxygen atoms in total. The molecule has 0 radical (unpaired) electrons. The number of aliphatic hydroxyl groups excluding tert-OH is 4. The molecule has 23 heteroatoms. The van der Waals surface area contributed by atoms with Gasteiger partial charge in [0.2, 0.25) is 0 Å². The van der Waals surface area contributed by atoms with E-state index in [1.807, 2.05) is 19.9 Å². The van der Waals surface area contributed by atoms with Gasteiger partial charge in [0, 0.05) is 68.8 Å². The van der Waals surface area contributed by atoms with Crippen molar-refractivity contribution in [2.75, 3.05) is 80.0 Å². The van der Waals surface area contributed by atoms with Gasteiger partial charge in [-0.05, 0) is 86.7 Å². The maximum atomic E-state index is 14.4.